The van der Waals surface area contributed by atoms with Gasteiger partial charge in [0, 0.05) is 50.6 Å². The van der Waals surface area contributed by atoms with Crippen LogP contribution in [0, 0.1) is 0 Å². The van der Waals surface area contributed by atoms with Crippen molar-refractivity contribution in [2.75, 3.05) is 32.8 Å². The van der Waals surface area contributed by atoms with Crippen LogP contribution in [0.15, 0.2) is 12.1 Å². The molecule has 2 rings (SSSR count). The molecule has 0 bridgehead atoms. The van der Waals surface area contributed by atoms with Gasteiger partial charge in [0.15, 0.2) is 0 Å². The molecule has 1 N–H and O–H groups in total. The number of amides is 1. The average Bonchev–Trinajstić information content (AvgIpc) is 2.82. The zero-order valence-corrected chi connectivity index (χ0v) is 12.4. The summed E-state index contributed by atoms with van der Waals surface area (Å²) in [5.41, 5.74) is 0. The molecule has 1 saturated heterocycles. The van der Waals surface area contributed by atoms with Crippen LogP contribution in [0.3, 0.4) is 0 Å². The molecule has 106 valence electrons. The average molecular weight is 303 g/mol. The number of rotatable bonds is 5. The molecule has 19 heavy (non-hydrogen) atoms. The summed E-state index contributed by atoms with van der Waals surface area (Å²) in [5, 5.41) is 8.73. The Morgan fingerprint density at radius 3 is 2.63 bits per heavy atom. The van der Waals surface area contributed by atoms with Crippen LogP contribution in [0.2, 0.25) is 4.34 Å². The molecule has 0 spiro atoms. The Kier molecular flexibility index (Phi) is 5.63. The molecular weight excluding hydrogens is 284 g/mol. The van der Waals surface area contributed by atoms with E-state index >= 15 is 0 Å². The van der Waals surface area contributed by atoms with E-state index in [0.29, 0.717) is 12.8 Å². The molecule has 0 aromatic carbocycles. The van der Waals surface area contributed by atoms with Crippen LogP contribution in [0.25, 0.3) is 0 Å². The molecule has 6 heteroatoms. The molecule has 1 aromatic rings. The van der Waals surface area contributed by atoms with E-state index in [0.717, 1.165) is 37.1 Å². The van der Waals surface area contributed by atoms with Crippen LogP contribution < -0.4 is 0 Å². The van der Waals surface area contributed by atoms with Crippen molar-refractivity contribution >= 4 is 28.8 Å². The summed E-state index contributed by atoms with van der Waals surface area (Å²) in [6.45, 7) is 4.37. The van der Waals surface area contributed by atoms with Crippen molar-refractivity contribution in [1.82, 2.24) is 9.80 Å². The number of piperazine rings is 1. The lowest BCUT2D eigenvalue weighted by atomic mass is 10.2. The smallest absolute Gasteiger partial charge is 0.222 e. The number of aliphatic hydroxyl groups excluding tert-OH is 1. The second-order valence-electron chi connectivity index (χ2n) is 4.69. The second-order valence-corrected chi connectivity index (χ2v) is 6.49. The highest BCUT2D eigenvalue weighted by molar-refractivity contribution is 7.16. The van der Waals surface area contributed by atoms with Gasteiger partial charge in [0.1, 0.15) is 0 Å². The van der Waals surface area contributed by atoms with Crippen LogP contribution in [0.5, 0.6) is 0 Å². The van der Waals surface area contributed by atoms with E-state index in [-0.39, 0.29) is 12.5 Å². The Morgan fingerprint density at radius 1 is 1.32 bits per heavy atom. The first-order chi connectivity index (χ1) is 9.19. The number of carbonyl (C=O) groups is 1. The molecule has 2 heterocycles. The fourth-order valence-electron chi connectivity index (χ4n) is 2.20. The number of nitrogens with zero attached hydrogens (tertiary/aromatic N) is 2. The predicted octanol–water partition coefficient (Wildman–Crippen LogP) is 1.82. The number of aliphatic hydroxyl groups is 1. The lowest BCUT2D eigenvalue weighted by Gasteiger charge is -2.34. The normalized spacial score (nSPS) is 16.8. The van der Waals surface area contributed by atoms with E-state index in [1.165, 1.54) is 4.88 Å². The van der Waals surface area contributed by atoms with Crippen molar-refractivity contribution in [3.8, 4) is 0 Å². The molecule has 0 unspecified atom stereocenters. The molecule has 4 nitrogen and oxygen atoms in total. The van der Waals surface area contributed by atoms with Gasteiger partial charge in [-0.25, -0.2) is 0 Å². The topological polar surface area (TPSA) is 43.8 Å². The van der Waals surface area contributed by atoms with E-state index in [9.17, 15) is 4.79 Å². The highest BCUT2D eigenvalue weighted by atomic mass is 35.5. The van der Waals surface area contributed by atoms with E-state index in [1.807, 2.05) is 11.0 Å². The SMILES string of the molecule is O=C(CCCO)N1CCN(Cc2ccc(Cl)s2)CC1. The molecule has 1 fully saturated rings. The summed E-state index contributed by atoms with van der Waals surface area (Å²) in [6.07, 6.45) is 1.02. The zero-order valence-electron chi connectivity index (χ0n) is 10.8. The van der Waals surface area contributed by atoms with Gasteiger partial charge in [-0.2, -0.15) is 0 Å². The first kappa shape index (κ1) is 14.8. The second kappa shape index (κ2) is 7.24. The number of hydrogen-bond donors (Lipinski definition) is 1. The maximum atomic E-state index is 11.8. The maximum absolute atomic E-state index is 11.8. The number of carbonyl (C=O) groups excluding carboxylic acids is 1. The third kappa shape index (κ3) is 4.45. The van der Waals surface area contributed by atoms with Crippen molar-refractivity contribution < 1.29 is 9.90 Å². The highest BCUT2D eigenvalue weighted by Gasteiger charge is 2.20. The van der Waals surface area contributed by atoms with Gasteiger partial charge in [0.05, 0.1) is 4.34 Å². The van der Waals surface area contributed by atoms with Gasteiger partial charge in [0.25, 0.3) is 0 Å². The molecular formula is C13H19ClN2O2S. The predicted molar refractivity (Wildman–Crippen MR) is 77.5 cm³/mol. The first-order valence-corrected chi connectivity index (χ1v) is 7.73. The number of thiophene rings is 1. The van der Waals surface area contributed by atoms with E-state index < -0.39 is 0 Å². The molecule has 0 atom stereocenters. The van der Waals surface area contributed by atoms with Crippen LogP contribution in [-0.4, -0.2) is 53.6 Å². The summed E-state index contributed by atoms with van der Waals surface area (Å²) in [4.78, 5) is 17.3. The minimum absolute atomic E-state index is 0.0881. The lowest BCUT2D eigenvalue weighted by molar-refractivity contribution is -0.133. The van der Waals surface area contributed by atoms with E-state index in [4.69, 9.17) is 16.7 Å². The van der Waals surface area contributed by atoms with Crippen molar-refractivity contribution in [2.45, 2.75) is 19.4 Å². The maximum Gasteiger partial charge on any atom is 0.222 e. The van der Waals surface area contributed by atoms with Gasteiger partial charge in [-0.15, -0.1) is 11.3 Å². The molecule has 0 radical (unpaired) electrons. The standard InChI is InChI=1S/C13H19ClN2O2S/c14-12-4-3-11(19-12)10-15-5-7-16(8-6-15)13(18)2-1-9-17/h3-4,17H,1-2,5-10H2. The molecule has 0 saturated carbocycles. The minimum Gasteiger partial charge on any atom is -0.396 e. The third-order valence-corrected chi connectivity index (χ3v) is 4.50. The van der Waals surface area contributed by atoms with Crippen molar-refractivity contribution in [2.24, 2.45) is 0 Å². The lowest BCUT2D eigenvalue weighted by Crippen LogP contribution is -2.48. The molecule has 0 aliphatic carbocycles. The van der Waals surface area contributed by atoms with Gasteiger partial charge in [0.2, 0.25) is 5.91 Å². The Hall–Kier alpha value is -0.620. The fourth-order valence-corrected chi connectivity index (χ4v) is 3.33. The van der Waals surface area contributed by atoms with Crippen LogP contribution in [0.1, 0.15) is 17.7 Å². The Bertz CT molecular complexity index is 417. The minimum atomic E-state index is 0.0881. The Labute approximate surface area is 122 Å². The zero-order chi connectivity index (χ0) is 13.7. The van der Waals surface area contributed by atoms with Gasteiger partial charge in [-0.1, -0.05) is 11.6 Å². The molecule has 1 aliphatic rings. The Morgan fingerprint density at radius 2 is 2.05 bits per heavy atom. The Balaban J connectivity index is 1.74. The summed E-state index contributed by atoms with van der Waals surface area (Å²) >= 11 is 7.53. The van der Waals surface area contributed by atoms with Crippen LogP contribution in [-0.2, 0) is 11.3 Å². The highest BCUT2D eigenvalue weighted by Crippen LogP contribution is 2.23. The molecule has 1 aliphatic heterocycles. The van der Waals surface area contributed by atoms with Gasteiger partial charge >= 0.3 is 0 Å². The van der Waals surface area contributed by atoms with E-state index in [1.54, 1.807) is 11.3 Å². The van der Waals surface area contributed by atoms with Gasteiger partial charge in [-0.05, 0) is 18.6 Å². The van der Waals surface area contributed by atoms with Crippen molar-refractivity contribution in [3.05, 3.63) is 21.3 Å². The van der Waals surface area contributed by atoms with E-state index in [2.05, 4.69) is 11.0 Å². The van der Waals surface area contributed by atoms with Gasteiger partial charge in [-0.3, -0.25) is 9.69 Å². The van der Waals surface area contributed by atoms with Crippen LogP contribution >= 0.6 is 22.9 Å². The monoisotopic (exact) mass is 302 g/mol. The molecule has 1 amide bonds. The fraction of sp³-hybridized carbons (Fsp3) is 0.615. The third-order valence-electron chi connectivity index (χ3n) is 3.28. The van der Waals surface area contributed by atoms with Crippen molar-refractivity contribution in [1.29, 1.82) is 0 Å². The summed E-state index contributed by atoms with van der Waals surface area (Å²) in [7, 11) is 0. The quantitative estimate of drug-likeness (QED) is 0.902. The summed E-state index contributed by atoms with van der Waals surface area (Å²) < 4.78 is 0.827. The number of hydrogen-bond acceptors (Lipinski definition) is 4. The number of halogens is 1. The van der Waals surface area contributed by atoms with Gasteiger partial charge < -0.3 is 10.0 Å². The molecule has 1 aromatic heterocycles. The van der Waals surface area contributed by atoms with Crippen molar-refractivity contribution in [3.63, 3.8) is 0 Å². The largest absolute Gasteiger partial charge is 0.396 e. The van der Waals surface area contributed by atoms with Crippen LogP contribution in [0.4, 0.5) is 0 Å². The summed E-state index contributed by atoms with van der Waals surface area (Å²) in [5.74, 6) is 0.160. The summed E-state index contributed by atoms with van der Waals surface area (Å²) in [6, 6.07) is 3.99. The first-order valence-electron chi connectivity index (χ1n) is 6.54.